The van der Waals surface area contributed by atoms with E-state index in [-0.39, 0.29) is 23.4 Å². The SMILES string of the molecule is CC(C)Oc1cc(OCC2CC2)cc(C(=O)Nc2ccc(C(=O)O)cn2)c1. The number of benzene rings is 1. The molecule has 1 saturated carbocycles. The summed E-state index contributed by atoms with van der Waals surface area (Å²) in [5, 5.41) is 11.6. The molecule has 0 spiro atoms. The largest absolute Gasteiger partial charge is 0.493 e. The number of pyridine rings is 1. The number of anilines is 1. The summed E-state index contributed by atoms with van der Waals surface area (Å²) >= 11 is 0. The van der Waals surface area contributed by atoms with E-state index in [0.29, 0.717) is 29.6 Å². The maximum Gasteiger partial charge on any atom is 0.337 e. The molecule has 142 valence electrons. The van der Waals surface area contributed by atoms with Gasteiger partial charge in [-0.15, -0.1) is 0 Å². The van der Waals surface area contributed by atoms with E-state index in [1.165, 1.54) is 31.2 Å². The van der Waals surface area contributed by atoms with Crippen molar-refractivity contribution >= 4 is 17.7 Å². The number of amides is 1. The van der Waals surface area contributed by atoms with Crippen LogP contribution in [0.4, 0.5) is 5.82 Å². The van der Waals surface area contributed by atoms with Crippen molar-refractivity contribution in [3.05, 3.63) is 47.7 Å². The minimum atomic E-state index is -1.07. The first-order valence-corrected chi connectivity index (χ1v) is 8.86. The smallest absolute Gasteiger partial charge is 0.337 e. The third kappa shape index (κ3) is 5.44. The summed E-state index contributed by atoms with van der Waals surface area (Å²) in [6.07, 6.45) is 3.51. The van der Waals surface area contributed by atoms with Gasteiger partial charge >= 0.3 is 5.97 Å². The Kier molecular flexibility index (Phi) is 5.59. The molecular formula is C20H22N2O5. The van der Waals surface area contributed by atoms with Gasteiger partial charge in [-0.3, -0.25) is 4.79 Å². The van der Waals surface area contributed by atoms with Crippen LogP contribution in [0.3, 0.4) is 0 Å². The number of nitrogens with one attached hydrogen (secondary N) is 1. The molecule has 1 aliphatic rings. The standard InChI is InChI=1S/C20H22N2O5/c1-12(2)27-17-8-15(7-16(9-17)26-11-13-3-4-13)19(23)22-18-6-5-14(10-21-18)20(24)25/h5-10,12-13H,3-4,11H2,1-2H3,(H,24,25)(H,21,22,23). The first-order chi connectivity index (χ1) is 12.9. The number of carboxylic acids is 1. The minimum Gasteiger partial charge on any atom is -0.493 e. The molecule has 27 heavy (non-hydrogen) atoms. The summed E-state index contributed by atoms with van der Waals surface area (Å²) in [5.74, 6) is 0.541. The van der Waals surface area contributed by atoms with Crippen molar-refractivity contribution in [1.82, 2.24) is 4.98 Å². The van der Waals surface area contributed by atoms with Gasteiger partial charge in [0, 0.05) is 17.8 Å². The van der Waals surface area contributed by atoms with Crippen molar-refractivity contribution < 1.29 is 24.2 Å². The fourth-order valence-electron chi connectivity index (χ4n) is 2.41. The average molecular weight is 370 g/mol. The average Bonchev–Trinajstić information content (AvgIpc) is 3.44. The molecule has 0 atom stereocenters. The summed E-state index contributed by atoms with van der Waals surface area (Å²) in [6, 6.07) is 7.91. The molecule has 2 N–H and O–H groups in total. The summed E-state index contributed by atoms with van der Waals surface area (Å²) < 4.78 is 11.5. The number of hydrogen-bond acceptors (Lipinski definition) is 5. The molecule has 2 aromatic rings. The van der Waals surface area contributed by atoms with Crippen molar-refractivity contribution in [2.75, 3.05) is 11.9 Å². The fourth-order valence-corrected chi connectivity index (χ4v) is 2.41. The van der Waals surface area contributed by atoms with Crippen LogP contribution in [0.25, 0.3) is 0 Å². The highest BCUT2D eigenvalue weighted by atomic mass is 16.5. The van der Waals surface area contributed by atoms with Gasteiger partial charge in [-0.25, -0.2) is 9.78 Å². The number of carbonyl (C=O) groups is 2. The zero-order chi connectivity index (χ0) is 19.4. The molecule has 1 aromatic heterocycles. The Morgan fingerprint density at radius 3 is 2.52 bits per heavy atom. The lowest BCUT2D eigenvalue weighted by Gasteiger charge is -2.14. The maximum atomic E-state index is 12.6. The van der Waals surface area contributed by atoms with Crippen LogP contribution in [0.1, 0.15) is 47.4 Å². The maximum absolute atomic E-state index is 12.6. The lowest BCUT2D eigenvalue weighted by Crippen LogP contribution is -2.14. The number of nitrogens with zero attached hydrogens (tertiary/aromatic N) is 1. The summed E-state index contributed by atoms with van der Waals surface area (Å²) in [7, 11) is 0. The summed E-state index contributed by atoms with van der Waals surface area (Å²) in [5.41, 5.74) is 0.430. The Morgan fingerprint density at radius 2 is 1.93 bits per heavy atom. The van der Waals surface area contributed by atoms with Gasteiger partial charge in [-0.2, -0.15) is 0 Å². The van der Waals surface area contributed by atoms with E-state index < -0.39 is 5.97 Å². The zero-order valence-electron chi connectivity index (χ0n) is 15.3. The van der Waals surface area contributed by atoms with Gasteiger partial charge in [0.05, 0.1) is 18.3 Å². The molecule has 1 heterocycles. The van der Waals surface area contributed by atoms with Crippen molar-refractivity contribution in [1.29, 1.82) is 0 Å². The van der Waals surface area contributed by atoms with Crippen LogP contribution in [0, 0.1) is 5.92 Å². The molecule has 0 aliphatic heterocycles. The topological polar surface area (TPSA) is 97.8 Å². The number of carbonyl (C=O) groups excluding carboxylic acids is 1. The predicted molar refractivity (Wildman–Crippen MR) is 99.6 cm³/mol. The molecule has 0 saturated heterocycles. The second-order valence-corrected chi connectivity index (χ2v) is 6.81. The highest BCUT2D eigenvalue weighted by Crippen LogP contribution is 2.31. The number of aromatic nitrogens is 1. The van der Waals surface area contributed by atoms with E-state index >= 15 is 0 Å². The number of rotatable bonds is 8. The molecule has 1 aliphatic carbocycles. The van der Waals surface area contributed by atoms with Gasteiger partial charge in [0.25, 0.3) is 5.91 Å². The Bertz CT molecular complexity index is 829. The third-order valence-corrected chi connectivity index (χ3v) is 3.95. The van der Waals surface area contributed by atoms with Crippen LogP contribution in [0.5, 0.6) is 11.5 Å². The Hall–Kier alpha value is -3.09. The minimum absolute atomic E-state index is 0.0372. The van der Waals surface area contributed by atoms with Gasteiger partial charge in [0.15, 0.2) is 0 Å². The molecule has 7 heteroatoms. The highest BCUT2D eigenvalue weighted by molar-refractivity contribution is 6.04. The van der Waals surface area contributed by atoms with E-state index in [1.807, 2.05) is 13.8 Å². The fraction of sp³-hybridized carbons (Fsp3) is 0.350. The van der Waals surface area contributed by atoms with Crippen LogP contribution in [-0.4, -0.2) is 34.7 Å². The molecule has 3 rings (SSSR count). The van der Waals surface area contributed by atoms with Crippen molar-refractivity contribution in [2.45, 2.75) is 32.8 Å². The van der Waals surface area contributed by atoms with E-state index in [4.69, 9.17) is 14.6 Å². The summed E-state index contributed by atoms with van der Waals surface area (Å²) in [6.45, 7) is 4.45. The van der Waals surface area contributed by atoms with Gasteiger partial charge in [-0.1, -0.05) is 0 Å². The van der Waals surface area contributed by atoms with Crippen molar-refractivity contribution in [3.63, 3.8) is 0 Å². The Labute approximate surface area is 157 Å². The molecule has 7 nitrogen and oxygen atoms in total. The van der Waals surface area contributed by atoms with Crippen LogP contribution in [0.15, 0.2) is 36.5 Å². The molecular weight excluding hydrogens is 348 g/mol. The number of aromatic carboxylic acids is 1. The lowest BCUT2D eigenvalue weighted by atomic mass is 10.2. The number of ether oxygens (including phenoxy) is 2. The van der Waals surface area contributed by atoms with Crippen LogP contribution < -0.4 is 14.8 Å². The monoisotopic (exact) mass is 370 g/mol. The number of carboxylic acid groups (broad SMARTS) is 1. The van der Waals surface area contributed by atoms with Crippen LogP contribution in [0.2, 0.25) is 0 Å². The van der Waals surface area contributed by atoms with Gasteiger partial charge in [0.1, 0.15) is 17.3 Å². The zero-order valence-corrected chi connectivity index (χ0v) is 15.3. The predicted octanol–water partition coefficient (Wildman–Crippen LogP) is 3.61. The van der Waals surface area contributed by atoms with Crippen LogP contribution in [-0.2, 0) is 0 Å². The normalized spacial score (nSPS) is 13.3. The second-order valence-electron chi connectivity index (χ2n) is 6.81. The van der Waals surface area contributed by atoms with Crippen molar-refractivity contribution in [2.24, 2.45) is 5.92 Å². The molecule has 1 aromatic carbocycles. The van der Waals surface area contributed by atoms with Gasteiger partial charge in [0.2, 0.25) is 0 Å². The Balaban J connectivity index is 1.76. The van der Waals surface area contributed by atoms with Gasteiger partial charge in [-0.05, 0) is 56.9 Å². The molecule has 0 bridgehead atoms. The molecule has 1 amide bonds. The molecule has 1 fully saturated rings. The lowest BCUT2D eigenvalue weighted by molar-refractivity contribution is 0.0696. The Morgan fingerprint density at radius 1 is 1.19 bits per heavy atom. The van der Waals surface area contributed by atoms with Crippen molar-refractivity contribution in [3.8, 4) is 11.5 Å². The van der Waals surface area contributed by atoms with E-state index in [2.05, 4.69) is 10.3 Å². The quantitative estimate of drug-likeness (QED) is 0.737. The van der Waals surface area contributed by atoms with Gasteiger partial charge < -0.3 is 19.9 Å². The second kappa shape index (κ2) is 8.07. The number of hydrogen-bond donors (Lipinski definition) is 2. The molecule has 0 unspecified atom stereocenters. The van der Waals surface area contributed by atoms with E-state index in [0.717, 1.165) is 0 Å². The highest BCUT2D eigenvalue weighted by Gasteiger charge is 2.22. The van der Waals surface area contributed by atoms with Crippen LogP contribution >= 0.6 is 0 Å². The summed E-state index contributed by atoms with van der Waals surface area (Å²) in [4.78, 5) is 27.4. The molecule has 0 radical (unpaired) electrons. The third-order valence-electron chi connectivity index (χ3n) is 3.95. The van der Waals surface area contributed by atoms with E-state index in [9.17, 15) is 9.59 Å². The van der Waals surface area contributed by atoms with E-state index in [1.54, 1.807) is 18.2 Å². The first kappa shape index (κ1) is 18.7. The first-order valence-electron chi connectivity index (χ1n) is 8.86.